The molecule has 2 aromatic rings. The van der Waals surface area contributed by atoms with Gasteiger partial charge >= 0.3 is 0 Å². The minimum absolute atomic E-state index is 0.0350. The third-order valence-corrected chi connectivity index (χ3v) is 3.74. The highest BCUT2D eigenvalue weighted by molar-refractivity contribution is 7.98. The summed E-state index contributed by atoms with van der Waals surface area (Å²) in [6.45, 7) is 0. The molecular formula is C15H19N3O2S. The fourth-order valence-corrected chi connectivity index (χ4v) is 2.46. The molecule has 1 amide bonds. The summed E-state index contributed by atoms with van der Waals surface area (Å²) in [7, 11) is 1.56. The van der Waals surface area contributed by atoms with Gasteiger partial charge < -0.3 is 14.6 Å². The molecule has 1 atom stereocenters. The Morgan fingerprint density at radius 2 is 2.19 bits per heavy atom. The zero-order chi connectivity index (χ0) is 15.1. The largest absolute Gasteiger partial charge is 0.481 e. The molecule has 6 heteroatoms. The quantitative estimate of drug-likeness (QED) is 0.854. The number of hydrogen-bond acceptors (Lipinski definition) is 4. The van der Waals surface area contributed by atoms with Crippen LogP contribution in [0.25, 0.3) is 0 Å². The zero-order valence-electron chi connectivity index (χ0n) is 12.2. The van der Waals surface area contributed by atoms with Gasteiger partial charge in [-0.3, -0.25) is 4.79 Å². The average molecular weight is 305 g/mol. The van der Waals surface area contributed by atoms with Crippen LogP contribution in [0.2, 0.25) is 0 Å². The number of aromatic nitrogens is 2. The number of carbonyl (C=O) groups excluding carboxylic acids is 1. The van der Waals surface area contributed by atoms with Gasteiger partial charge in [-0.25, -0.2) is 4.98 Å². The Kier molecular flexibility index (Phi) is 5.68. The van der Waals surface area contributed by atoms with Crippen LogP contribution < -0.4 is 10.1 Å². The molecule has 0 saturated carbocycles. The summed E-state index contributed by atoms with van der Waals surface area (Å²) < 4.78 is 6.94. The maximum absolute atomic E-state index is 12.5. The number of carbonyl (C=O) groups is 1. The molecule has 21 heavy (non-hydrogen) atoms. The van der Waals surface area contributed by atoms with Crippen molar-refractivity contribution in [2.24, 2.45) is 0 Å². The Labute approximate surface area is 128 Å². The fraction of sp³-hybridized carbons (Fsp3) is 0.333. The van der Waals surface area contributed by atoms with Crippen LogP contribution in [0.15, 0.2) is 42.9 Å². The van der Waals surface area contributed by atoms with Crippen molar-refractivity contribution in [1.82, 2.24) is 9.55 Å². The van der Waals surface area contributed by atoms with E-state index >= 15 is 0 Å². The first-order valence-electron chi connectivity index (χ1n) is 6.67. The maximum Gasteiger partial charge on any atom is 0.247 e. The number of amides is 1. The summed E-state index contributed by atoms with van der Waals surface area (Å²) in [5.41, 5.74) is 0.669. The van der Waals surface area contributed by atoms with Crippen molar-refractivity contribution in [3.8, 4) is 5.88 Å². The number of nitrogens with one attached hydrogen (secondary N) is 1. The molecular weight excluding hydrogens is 286 g/mol. The van der Waals surface area contributed by atoms with Crippen LogP contribution in [0, 0.1) is 0 Å². The van der Waals surface area contributed by atoms with Crippen molar-refractivity contribution in [2.75, 3.05) is 24.4 Å². The predicted octanol–water partition coefficient (Wildman–Crippen LogP) is 2.82. The van der Waals surface area contributed by atoms with Gasteiger partial charge in [0.2, 0.25) is 11.8 Å². The standard InChI is InChI=1S/C15H19N3O2S/c1-20-14-6-5-12(11-16-14)17-15(19)13(7-10-21-2)18-8-3-4-9-18/h3-6,8-9,11,13H,7,10H2,1-2H3,(H,17,19)/t13-/m1/s1. The van der Waals surface area contributed by atoms with E-state index in [1.54, 1.807) is 37.2 Å². The van der Waals surface area contributed by atoms with E-state index in [4.69, 9.17) is 4.74 Å². The van der Waals surface area contributed by atoms with E-state index in [9.17, 15) is 4.79 Å². The van der Waals surface area contributed by atoms with Gasteiger partial charge in [-0.1, -0.05) is 0 Å². The molecule has 0 spiro atoms. The lowest BCUT2D eigenvalue weighted by Gasteiger charge is -2.18. The molecule has 5 nitrogen and oxygen atoms in total. The zero-order valence-corrected chi connectivity index (χ0v) is 13.0. The Morgan fingerprint density at radius 3 is 2.76 bits per heavy atom. The summed E-state index contributed by atoms with van der Waals surface area (Å²) in [4.78, 5) is 16.6. The summed E-state index contributed by atoms with van der Waals surface area (Å²) in [6.07, 6.45) is 8.25. The predicted molar refractivity (Wildman–Crippen MR) is 85.9 cm³/mol. The van der Waals surface area contributed by atoms with Gasteiger partial charge in [0.25, 0.3) is 0 Å². The van der Waals surface area contributed by atoms with Crippen LogP contribution in [0.4, 0.5) is 5.69 Å². The molecule has 0 aromatic carbocycles. The van der Waals surface area contributed by atoms with Gasteiger partial charge in [0.1, 0.15) is 6.04 Å². The number of pyridine rings is 1. The lowest BCUT2D eigenvalue weighted by atomic mass is 10.2. The molecule has 2 aromatic heterocycles. The van der Waals surface area contributed by atoms with Crippen LogP contribution in [0.3, 0.4) is 0 Å². The molecule has 0 saturated heterocycles. The van der Waals surface area contributed by atoms with Crippen LogP contribution in [0.1, 0.15) is 12.5 Å². The summed E-state index contributed by atoms with van der Waals surface area (Å²) >= 11 is 1.73. The highest BCUT2D eigenvalue weighted by Gasteiger charge is 2.19. The summed E-state index contributed by atoms with van der Waals surface area (Å²) in [6, 6.07) is 7.14. The number of hydrogen-bond donors (Lipinski definition) is 1. The molecule has 2 heterocycles. The first-order chi connectivity index (χ1) is 10.2. The van der Waals surface area contributed by atoms with Crippen LogP contribution in [0.5, 0.6) is 5.88 Å². The lowest BCUT2D eigenvalue weighted by Crippen LogP contribution is -2.26. The van der Waals surface area contributed by atoms with Crippen molar-refractivity contribution >= 4 is 23.4 Å². The minimum atomic E-state index is -0.213. The SMILES string of the molecule is COc1ccc(NC(=O)[C@@H](CCSC)n2cccc2)cn1. The van der Waals surface area contributed by atoms with Crippen LogP contribution in [-0.2, 0) is 4.79 Å². The molecule has 0 aliphatic carbocycles. The van der Waals surface area contributed by atoms with Crippen molar-refractivity contribution in [1.29, 1.82) is 0 Å². The highest BCUT2D eigenvalue weighted by Crippen LogP contribution is 2.18. The number of ether oxygens (including phenoxy) is 1. The van der Waals surface area contributed by atoms with Gasteiger partial charge in [-0.05, 0) is 36.6 Å². The van der Waals surface area contributed by atoms with E-state index in [2.05, 4.69) is 10.3 Å². The van der Waals surface area contributed by atoms with Gasteiger partial charge in [0.15, 0.2) is 0 Å². The minimum Gasteiger partial charge on any atom is -0.481 e. The van der Waals surface area contributed by atoms with Gasteiger partial charge in [-0.15, -0.1) is 0 Å². The third kappa shape index (κ3) is 4.26. The Hall–Kier alpha value is -1.95. The molecule has 0 unspecified atom stereocenters. The van der Waals surface area contributed by atoms with E-state index in [-0.39, 0.29) is 11.9 Å². The maximum atomic E-state index is 12.5. The Bertz CT molecular complexity index is 555. The number of thioether (sulfide) groups is 1. The molecule has 112 valence electrons. The second kappa shape index (κ2) is 7.73. The molecule has 1 N–H and O–H groups in total. The molecule has 0 aliphatic rings. The Morgan fingerprint density at radius 1 is 1.43 bits per heavy atom. The first kappa shape index (κ1) is 15.4. The van der Waals surface area contributed by atoms with Crippen LogP contribution >= 0.6 is 11.8 Å². The highest BCUT2D eigenvalue weighted by atomic mass is 32.2. The van der Waals surface area contributed by atoms with Crippen molar-refractivity contribution < 1.29 is 9.53 Å². The van der Waals surface area contributed by atoms with Crippen LogP contribution in [-0.4, -0.2) is 34.6 Å². The smallest absolute Gasteiger partial charge is 0.247 e. The molecule has 0 radical (unpaired) electrons. The summed E-state index contributed by atoms with van der Waals surface area (Å²) in [5.74, 6) is 1.42. The second-order valence-corrected chi connectivity index (χ2v) is 5.49. The molecule has 0 bridgehead atoms. The van der Waals surface area contributed by atoms with Gasteiger partial charge in [-0.2, -0.15) is 11.8 Å². The fourth-order valence-electron chi connectivity index (χ4n) is 2.00. The number of rotatable bonds is 7. The Balaban J connectivity index is 2.06. The monoisotopic (exact) mass is 305 g/mol. The third-order valence-electron chi connectivity index (χ3n) is 3.10. The van der Waals surface area contributed by atoms with Gasteiger partial charge in [0, 0.05) is 18.5 Å². The summed E-state index contributed by atoms with van der Waals surface area (Å²) in [5, 5.41) is 2.90. The van der Waals surface area contributed by atoms with E-state index in [1.807, 2.05) is 35.3 Å². The second-order valence-electron chi connectivity index (χ2n) is 4.51. The number of nitrogens with zero attached hydrogens (tertiary/aromatic N) is 2. The van der Waals surface area contributed by atoms with Crippen molar-refractivity contribution in [3.63, 3.8) is 0 Å². The van der Waals surface area contributed by atoms with E-state index < -0.39 is 0 Å². The first-order valence-corrected chi connectivity index (χ1v) is 8.06. The molecule has 0 aliphatic heterocycles. The topological polar surface area (TPSA) is 56.1 Å². The normalized spacial score (nSPS) is 11.9. The number of anilines is 1. The van der Waals surface area contributed by atoms with E-state index in [1.165, 1.54) is 0 Å². The van der Waals surface area contributed by atoms with E-state index in [0.29, 0.717) is 11.6 Å². The molecule has 2 rings (SSSR count). The van der Waals surface area contributed by atoms with Crippen molar-refractivity contribution in [3.05, 3.63) is 42.9 Å². The number of methoxy groups -OCH3 is 1. The lowest BCUT2D eigenvalue weighted by molar-refractivity contribution is -0.119. The average Bonchev–Trinajstić information content (AvgIpc) is 3.02. The van der Waals surface area contributed by atoms with E-state index in [0.717, 1.165) is 12.2 Å². The van der Waals surface area contributed by atoms with Crippen molar-refractivity contribution in [2.45, 2.75) is 12.5 Å². The molecule has 0 fully saturated rings. The van der Waals surface area contributed by atoms with Gasteiger partial charge in [0.05, 0.1) is 19.0 Å².